The molecule has 0 aromatic heterocycles. The van der Waals surface area contributed by atoms with E-state index < -0.39 is 5.60 Å². The number of anilines is 1. The minimum absolute atomic E-state index is 0.0462. The molecule has 0 radical (unpaired) electrons. The highest BCUT2D eigenvalue weighted by Gasteiger charge is 2.49. The van der Waals surface area contributed by atoms with Crippen LogP contribution in [0, 0.1) is 5.92 Å². The highest BCUT2D eigenvalue weighted by atomic mass is 16.3. The topological polar surface area (TPSA) is 55.8 Å². The molecule has 33 heavy (non-hydrogen) atoms. The second kappa shape index (κ2) is 10.7. The van der Waals surface area contributed by atoms with E-state index in [9.17, 15) is 9.90 Å². The van der Waals surface area contributed by atoms with Gasteiger partial charge in [-0.2, -0.15) is 0 Å². The molecular weight excluding hydrogens is 410 g/mol. The van der Waals surface area contributed by atoms with Crippen molar-refractivity contribution < 1.29 is 9.90 Å². The quantitative estimate of drug-likeness (QED) is 0.622. The number of carbonyl (C=O) groups excluding carboxylic acids is 1. The zero-order valence-corrected chi connectivity index (χ0v) is 20.2. The first kappa shape index (κ1) is 23.8. The van der Waals surface area contributed by atoms with Crippen LogP contribution in [0.2, 0.25) is 0 Å². The fourth-order valence-corrected chi connectivity index (χ4v) is 5.87. The van der Waals surface area contributed by atoms with Crippen molar-refractivity contribution >= 4 is 11.6 Å². The molecule has 1 saturated carbocycles. The highest BCUT2D eigenvalue weighted by molar-refractivity contribution is 5.78. The van der Waals surface area contributed by atoms with Gasteiger partial charge in [0, 0.05) is 43.8 Å². The van der Waals surface area contributed by atoms with Crippen LogP contribution < -0.4 is 10.2 Å². The van der Waals surface area contributed by atoms with Crippen LogP contribution in [0.1, 0.15) is 63.1 Å². The Balaban J connectivity index is 1.53. The van der Waals surface area contributed by atoms with E-state index in [4.69, 9.17) is 0 Å². The lowest BCUT2D eigenvalue weighted by atomic mass is 9.66. The number of benzene rings is 2. The Labute approximate surface area is 198 Å². The summed E-state index contributed by atoms with van der Waals surface area (Å²) in [4.78, 5) is 17.5. The van der Waals surface area contributed by atoms with Crippen LogP contribution in [0.25, 0.3) is 0 Å². The zero-order chi connectivity index (χ0) is 23.3. The van der Waals surface area contributed by atoms with Gasteiger partial charge in [0.25, 0.3) is 0 Å². The van der Waals surface area contributed by atoms with Crippen molar-refractivity contribution in [2.24, 2.45) is 5.92 Å². The summed E-state index contributed by atoms with van der Waals surface area (Å²) in [6.07, 6.45) is 4.88. The van der Waals surface area contributed by atoms with Crippen molar-refractivity contribution in [1.29, 1.82) is 0 Å². The largest absolute Gasteiger partial charge is 0.389 e. The molecule has 178 valence electrons. The monoisotopic (exact) mass is 449 g/mol. The summed E-state index contributed by atoms with van der Waals surface area (Å²) in [7, 11) is 0. The van der Waals surface area contributed by atoms with Crippen molar-refractivity contribution in [1.82, 2.24) is 10.2 Å². The number of nitrogens with zero attached hydrogens (tertiary/aromatic N) is 2. The van der Waals surface area contributed by atoms with E-state index in [1.54, 1.807) is 0 Å². The molecule has 1 aliphatic heterocycles. The Morgan fingerprint density at radius 3 is 2.48 bits per heavy atom. The summed E-state index contributed by atoms with van der Waals surface area (Å²) < 4.78 is 0. The van der Waals surface area contributed by atoms with Gasteiger partial charge >= 0.3 is 0 Å². The molecule has 1 heterocycles. The van der Waals surface area contributed by atoms with Crippen LogP contribution in [0.15, 0.2) is 54.6 Å². The summed E-state index contributed by atoms with van der Waals surface area (Å²) >= 11 is 0. The van der Waals surface area contributed by atoms with Gasteiger partial charge in [0.15, 0.2) is 0 Å². The average Bonchev–Trinajstić information content (AvgIpc) is 2.85. The molecule has 3 unspecified atom stereocenters. The first-order valence-electron chi connectivity index (χ1n) is 12.7. The van der Waals surface area contributed by atoms with Crippen LogP contribution in [0.3, 0.4) is 0 Å². The number of fused-ring (bicyclic) bond motifs is 1. The maximum Gasteiger partial charge on any atom is 0.234 e. The maximum absolute atomic E-state index is 12.9. The molecule has 1 aliphatic carbocycles. The number of amides is 1. The molecule has 0 spiro atoms. The Kier molecular flexibility index (Phi) is 7.71. The lowest BCUT2D eigenvalue weighted by molar-refractivity contribution is -0.138. The third-order valence-corrected chi connectivity index (χ3v) is 7.71. The van der Waals surface area contributed by atoms with Gasteiger partial charge in [-0.25, -0.2) is 0 Å². The number of likely N-dealkylation sites (tertiary alicyclic amines) is 1. The molecule has 5 heteroatoms. The number of piperidine rings is 1. The maximum atomic E-state index is 12.9. The van der Waals surface area contributed by atoms with Gasteiger partial charge in [-0.15, -0.1) is 0 Å². The number of nitrogens with one attached hydrogen (secondary N) is 1. The number of carbonyl (C=O) groups is 1. The van der Waals surface area contributed by atoms with Crippen LogP contribution in [-0.2, 0) is 11.3 Å². The first-order valence-corrected chi connectivity index (χ1v) is 12.7. The van der Waals surface area contributed by atoms with Gasteiger partial charge < -0.3 is 15.3 Å². The van der Waals surface area contributed by atoms with E-state index in [0.717, 1.165) is 57.3 Å². The van der Waals surface area contributed by atoms with Gasteiger partial charge in [-0.3, -0.25) is 9.69 Å². The van der Waals surface area contributed by atoms with Gasteiger partial charge in [0.05, 0.1) is 12.1 Å². The number of hydrogen-bond acceptors (Lipinski definition) is 4. The zero-order valence-electron chi connectivity index (χ0n) is 20.2. The molecule has 4 rings (SSSR count). The van der Waals surface area contributed by atoms with Crippen molar-refractivity contribution in [3.05, 3.63) is 65.7 Å². The summed E-state index contributed by atoms with van der Waals surface area (Å²) in [6.45, 7) is 7.97. The lowest BCUT2D eigenvalue weighted by Gasteiger charge is -2.52. The van der Waals surface area contributed by atoms with E-state index in [1.807, 2.05) is 30.3 Å². The fraction of sp³-hybridized carbons (Fsp3) is 0.536. The molecule has 5 nitrogen and oxygen atoms in total. The summed E-state index contributed by atoms with van der Waals surface area (Å²) in [6, 6.07) is 18.9. The minimum atomic E-state index is -0.614. The molecular formula is C28H39N3O2. The van der Waals surface area contributed by atoms with E-state index in [-0.39, 0.29) is 17.9 Å². The Morgan fingerprint density at radius 2 is 1.79 bits per heavy atom. The molecule has 2 aromatic carbocycles. The minimum Gasteiger partial charge on any atom is -0.389 e. The second-order valence-corrected chi connectivity index (χ2v) is 9.65. The molecule has 2 fully saturated rings. The Morgan fingerprint density at radius 1 is 1.06 bits per heavy atom. The lowest BCUT2D eigenvalue weighted by Crippen LogP contribution is -2.56. The standard InChI is InChI=1S/C28H39N3O2/c1-3-30(4-2)24-15-13-23(14-16-24)27-25-12-8-9-17-28(25,33)18-19-31(27)21-26(32)29-20-22-10-6-5-7-11-22/h5-7,10-11,13-16,25,27,33H,3-4,8-9,12,17-21H2,1-2H3,(H,29,32). The molecule has 2 aromatic rings. The fourth-order valence-electron chi connectivity index (χ4n) is 5.87. The highest BCUT2D eigenvalue weighted by Crippen LogP contribution is 2.49. The Bertz CT molecular complexity index is 897. The van der Waals surface area contributed by atoms with Crippen LogP contribution in [-0.4, -0.2) is 47.7 Å². The van der Waals surface area contributed by atoms with E-state index >= 15 is 0 Å². The molecule has 1 saturated heterocycles. The molecule has 2 aliphatic rings. The van der Waals surface area contributed by atoms with Crippen molar-refractivity contribution in [3.63, 3.8) is 0 Å². The second-order valence-electron chi connectivity index (χ2n) is 9.65. The predicted octanol–water partition coefficient (Wildman–Crippen LogP) is 4.52. The van der Waals surface area contributed by atoms with Crippen molar-refractivity contribution in [2.45, 2.75) is 64.1 Å². The average molecular weight is 450 g/mol. The molecule has 3 atom stereocenters. The Hall–Kier alpha value is -2.37. The van der Waals surface area contributed by atoms with Crippen LogP contribution in [0.4, 0.5) is 5.69 Å². The molecule has 1 amide bonds. The predicted molar refractivity (Wildman–Crippen MR) is 134 cm³/mol. The van der Waals surface area contributed by atoms with E-state index in [2.05, 4.69) is 53.2 Å². The first-order chi connectivity index (χ1) is 16.0. The number of aliphatic hydroxyl groups is 1. The van der Waals surface area contributed by atoms with Gasteiger partial charge in [-0.05, 0) is 56.4 Å². The van der Waals surface area contributed by atoms with Crippen LogP contribution >= 0.6 is 0 Å². The molecule has 2 N–H and O–H groups in total. The van der Waals surface area contributed by atoms with Gasteiger partial charge in [0.1, 0.15) is 0 Å². The number of hydrogen-bond donors (Lipinski definition) is 2. The van der Waals surface area contributed by atoms with E-state index in [0.29, 0.717) is 13.1 Å². The normalized spacial score (nSPS) is 25.3. The van der Waals surface area contributed by atoms with Crippen LogP contribution in [0.5, 0.6) is 0 Å². The van der Waals surface area contributed by atoms with E-state index in [1.165, 1.54) is 11.3 Å². The third-order valence-electron chi connectivity index (χ3n) is 7.71. The van der Waals surface area contributed by atoms with Crippen molar-refractivity contribution in [2.75, 3.05) is 31.1 Å². The summed E-state index contributed by atoms with van der Waals surface area (Å²) in [5.74, 6) is 0.214. The van der Waals surface area contributed by atoms with Gasteiger partial charge in [-0.1, -0.05) is 55.3 Å². The summed E-state index contributed by atoms with van der Waals surface area (Å²) in [5.41, 5.74) is 2.93. The molecule has 0 bridgehead atoms. The van der Waals surface area contributed by atoms with Gasteiger partial charge in [0.2, 0.25) is 5.91 Å². The van der Waals surface area contributed by atoms with Crippen molar-refractivity contribution in [3.8, 4) is 0 Å². The SMILES string of the molecule is CCN(CC)c1ccc(C2C3CCCCC3(O)CCN2CC(=O)NCc2ccccc2)cc1. The summed E-state index contributed by atoms with van der Waals surface area (Å²) in [5, 5.41) is 14.6. The smallest absolute Gasteiger partial charge is 0.234 e. The third kappa shape index (κ3) is 5.42. The number of rotatable bonds is 8.